The zero-order chi connectivity index (χ0) is 19.0. The molecule has 0 amide bonds. The van der Waals surface area contributed by atoms with E-state index in [0.717, 1.165) is 0 Å². The van der Waals surface area contributed by atoms with Crippen molar-refractivity contribution in [2.75, 3.05) is 0 Å². The molecule has 0 saturated carbocycles. The highest BCUT2D eigenvalue weighted by atomic mass is 16.7. The summed E-state index contributed by atoms with van der Waals surface area (Å²) in [6.07, 6.45) is -8.74. The normalized spacial score (nSPS) is 28.8. The van der Waals surface area contributed by atoms with Gasteiger partial charge in [0.25, 0.3) is 0 Å². The zero-order valence-corrected chi connectivity index (χ0v) is 13.7. The molecule has 2 heterocycles. The third-order valence-electron chi connectivity index (χ3n) is 4.23. The van der Waals surface area contributed by atoms with Gasteiger partial charge in [-0.3, -0.25) is 0 Å². The summed E-state index contributed by atoms with van der Waals surface area (Å²) in [4.78, 5) is 23.7. The van der Waals surface area contributed by atoms with Crippen molar-refractivity contribution in [1.82, 2.24) is 0 Å². The molecule has 140 valence electrons. The number of hydrogen-bond acceptors (Lipinski definition) is 8. The molecule has 1 aromatic carbocycles. The minimum absolute atomic E-state index is 0.131. The van der Waals surface area contributed by atoms with Crippen molar-refractivity contribution in [3.05, 3.63) is 35.6 Å². The lowest BCUT2D eigenvalue weighted by molar-refractivity contribution is -0.278. The van der Waals surface area contributed by atoms with Gasteiger partial charge in [0.05, 0.1) is 0 Å². The largest absolute Gasteiger partial charge is 0.479 e. The number of aliphatic carboxylic acids is 1. The topological polar surface area (TPSA) is 147 Å². The van der Waals surface area contributed by atoms with Gasteiger partial charge in [0.15, 0.2) is 6.10 Å². The Bertz CT molecular complexity index is 827. The first-order chi connectivity index (χ1) is 12.3. The number of furan rings is 1. The summed E-state index contributed by atoms with van der Waals surface area (Å²) in [5, 5.41) is 39.0. The van der Waals surface area contributed by atoms with Crippen LogP contribution in [-0.2, 0) is 20.7 Å². The van der Waals surface area contributed by atoms with E-state index in [1.165, 1.54) is 0 Å². The summed E-state index contributed by atoms with van der Waals surface area (Å²) in [5.41, 5.74) is 0.603. The number of fused-ring (bicyclic) bond motifs is 1. The molecule has 0 radical (unpaired) electrons. The van der Waals surface area contributed by atoms with Gasteiger partial charge < -0.3 is 34.3 Å². The number of benzene rings is 1. The molecule has 3 rings (SSSR count). The number of aliphatic hydroxyl groups is 3. The molecule has 1 aliphatic rings. The van der Waals surface area contributed by atoms with E-state index in [1.54, 1.807) is 31.2 Å². The van der Waals surface area contributed by atoms with Gasteiger partial charge in [-0.2, -0.15) is 0 Å². The Morgan fingerprint density at radius 2 is 1.81 bits per heavy atom. The number of carbonyl (C=O) groups excluding carboxylic acids is 1. The smallest absolute Gasteiger partial charge is 0.344 e. The number of para-hydroxylation sites is 1. The van der Waals surface area contributed by atoms with Crippen LogP contribution in [0.25, 0.3) is 11.0 Å². The highest BCUT2D eigenvalue weighted by molar-refractivity contribution is 6.04. The predicted molar refractivity (Wildman–Crippen MR) is 85.3 cm³/mol. The lowest BCUT2D eigenvalue weighted by Crippen LogP contribution is -2.60. The summed E-state index contributed by atoms with van der Waals surface area (Å²) >= 11 is 0. The van der Waals surface area contributed by atoms with Crippen LogP contribution < -0.4 is 0 Å². The van der Waals surface area contributed by atoms with E-state index in [9.17, 15) is 24.9 Å². The molecular formula is C17H18O9. The van der Waals surface area contributed by atoms with Crippen molar-refractivity contribution in [2.45, 2.75) is 44.1 Å². The molecule has 9 heteroatoms. The fraction of sp³-hybridized carbons (Fsp3) is 0.412. The van der Waals surface area contributed by atoms with Gasteiger partial charge in [-0.25, -0.2) is 9.59 Å². The molecule has 9 nitrogen and oxygen atoms in total. The molecular weight excluding hydrogens is 348 g/mol. The number of aliphatic hydroxyl groups excluding tert-OH is 3. The number of carboxylic acids is 1. The van der Waals surface area contributed by atoms with Crippen LogP contribution in [0.15, 0.2) is 28.7 Å². The average molecular weight is 366 g/mol. The minimum Gasteiger partial charge on any atom is -0.479 e. The van der Waals surface area contributed by atoms with E-state index in [-0.39, 0.29) is 5.56 Å². The Kier molecular flexibility index (Phi) is 4.97. The van der Waals surface area contributed by atoms with Gasteiger partial charge in [0.1, 0.15) is 35.2 Å². The van der Waals surface area contributed by atoms with Crippen LogP contribution in [0.3, 0.4) is 0 Å². The van der Waals surface area contributed by atoms with Crippen molar-refractivity contribution in [3.8, 4) is 0 Å². The molecule has 5 unspecified atom stereocenters. The van der Waals surface area contributed by atoms with Crippen molar-refractivity contribution in [3.63, 3.8) is 0 Å². The summed E-state index contributed by atoms with van der Waals surface area (Å²) in [6.45, 7) is 1.78. The van der Waals surface area contributed by atoms with Crippen molar-refractivity contribution in [1.29, 1.82) is 0 Å². The van der Waals surface area contributed by atoms with Crippen LogP contribution in [0, 0.1) is 0 Å². The third-order valence-corrected chi connectivity index (χ3v) is 4.23. The fourth-order valence-electron chi connectivity index (χ4n) is 2.88. The first-order valence-electron chi connectivity index (χ1n) is 7.99. The first-order valence-corrected chi connectivity index (χ1v) is 7.99. The van der Waals surface area contributed by atoms with Crippen LogP contribution in [-0.4, -0.2) is 63.1 Å². The number of carboxylic acid groups (broad SMARTS) is 1. The molecule has 0 spiro atoms. The maximum atomic E-state index is 12.6. The number of carbonyl (C=O) groups is 2. The van der Waals surface area contributed by atoms with Crippen LogP contribution in [0.1, 0.15) is 23.0 Å². The highest BCUT2D eigenvalue weighted by Gasteiger charge is 2.48. The van der Waals surface area contributed by atoms with Crippen LogP contribution >= 0.6 is 0 Å². The Balaban J connectivity index is 1.89. The molecule has 0 aliphatic carbocycles. The Morgan fingerprint density at radius 3 is 2.46 bits per heavy atom. The van der Waals surface area contributed by atoms with Gasteiger partial charge in [0, 0.05) is 11.8 Å². The van der Waals surface area contributed by atoms with E-state index < -0.39 is 42.6 Å². The van der Waals surface area contributed by atoms with Gasteiger partial charge in [-0.1, -0.05) is 25.1 Å². The monoisotopic (exact) mass is 366 g/mol. The molecule has 2 aromatic rings. The predicted octanol–water partition coefficient (Wildman–Crippen LogP) is 0.0442. The standard InChI is InChI=1S/C17H18O9/c1-2-8-10(7-5-3-4-6-9(7)24-8)16(23)26-17-13(20)11(18)12(19)14(25-17)15(21)22/h3-6,11-14,17-20H,2H2,1H3,(H,21,22). The minimum atomic E-state index is -1.86. The Hall–Kier alpha value is -2.46. The average Bonchev–Trinajstić information content (AvgIpc) is 3.00. The van der Waals surface area contributed by atoms with E-state index in [0.29, 0.717) is 23.2 Å². The summed E-state index contributed by atoms with van der Waals surface area (Å²) < 4.78 is 15.7. The number of rotatable bonds is 4. The van der Waals surface area contributed by atoms with Gasteiger partial charge in [-0.15, -0.1) is 0 Å². The van der Waals surface area contributed by atoms with Crippen molar-refractivity contribution < 1.29 is 43.9 Å². The lowest BCUT2D eigenvalue weighted by atomic mass is 9.99. The van der Waals surface area contributed by atoms with E-state index in [4.69, 9.17) is 19.0 Å². The molecule has 1 aromatic heterocycles. The third kappa shape index (κ3) is 3.06. The number of esters is 1. The fourth-order valence-corrected chi connectivity index (χ4v) is 2.88. The molecule has 5 atom stereocenters. The SMILES string of the molecule is CCc1oc2ccccc2c1C(=O)OC1OC(C(=O)O)C(O)C(O)C1O. The summed E-state index contributed by atoms with van der Waals surface area (Å²) in [5.74, 6) is -2.10. The Morgan fingerprint density at radius 1 is 1.12 bits per heavy atom. The van der Waals surface area contributed by atoms with E-state index in [2.05, 4.69) is 0 Å². The number of aryl methyl sites for hydroxylation is 1. The molecule has 1 saturated heterocycles. The van der Waals surface area contributed by atoms with E-state index in [1.807, 2.05) is 0 Å². The lowest BCUT2D eigenvalue weighted by Gasteiger charge is -2.37. The molecule has 1 aliphatic heterocycles. The van der Waals surface area contributed by atoms with Crippen molar-refractivity contribution >= 4 is 22.9 Å². The molecule has 4 N–H and O–H groups in total. The maximum absolute atomic E-state index is 12.6. The highest BCUT2D eigenvalue weighted by Crippen LogP contribution is 2.29. The molecule has 26 heavy (non-hydrogen) atoms. The van der Waals surface area contributed by atoms with Crippen LogP contribution in [0.4, 0.5) is 0 Å². The zero-order valence-electron chi connectivity index (χ0n) is 13.7. The van der Waals surface area contributed by atoms with Crippen LogP contribution in [0.5, 0.6) is 0 Å². The maximum Gasteiger partial charge on any atom is 0.344 e. The quantitative estimate of drug-likeness (QED) is 0.551. The second-order valence-electron chi connectivity index (χ2n) is 5.89. The number of ether oxygens (including phenoxy) is 2. The second-order valence-corrected chi connectivity index (χ2v) is 5.89. The summed E-state index contributed by atoms with van der Waals surface area (Å²) in [7, 11) is 0. The Labute approximate surface area is 147 Å². The van der Waals surface area contributed by atoms with Crippen LogP contribution in [0.2, 0.25) is 0 Å². The molecule has 1 fully saturated rings. The van der Waals surface area contributed by atoms with Gasteiger partial charge in [0.2, 0.25) is 6.29 Å². The number of hydrogen-bond donors (Lipinski definition) is 4. The van der Waals surface area contributed by atoms with E-state index >= 15 is 0 Å². The first kappa shape index (κ1) is 18.3. The molecule has 0 bridgehead atoms. The van der Waals surface area contributed by atoms with Gasteiger partial charge >= 0.3 is 11.9 Å². The van der Waals surface area contributed by atoms with Crippen molar-refractivity contribution in [2.24, 2.45) is 0 Å². The second kappa shape index (κ2) is 7.04. The van der Waals surface area contributed by atoms with Gasteiger partial charge in [-0.05, 0) is 6.07 Å². The summed E-state index contributed by atoms with van der Waals surface area (Å²) in [6, 6.07) is 6.79.